The van der Waals surface area contributed by atoms with E-state index >= 15 is 0 Å². The summed E-state index contributed by atoms with van der Waals surface area (Å²) in [7, 11) is 0. The molecule has 1 fully saturated rings. The number of carbonyl (C=O) groups excluding carboxylic acids is 1. The molecule has 0 heterocycles. The van der Waals surface area contributed by atoms with E-state index in [1.807, 2.05) is 0 Å². The molecule has 1 aromatic carbocycles. The summed E-state index contributed by atoms with van der Waals surface area (Å²) in [5.74, 6) is 1.76. The monoisotopic (exact) mass is 291 g/mol. The highest BCUT2D eigenvalue weighted by Crippen LogP contribution is 2.38. The first-order valence-electron chi connectivity index (χ1n) is 7.03. The number of hydrogen-bond donors (Lipinski definition) is 1. The van der Waals surface area contributed by atoms with E-state index in [1.165, 1.54) is 6.42 Å². The molecule has 4 atom stereocenters. The third-order valence-electron chi connectivity index (χ3n) is 4.10. The molecule has 1 aromatic rings. The second-order valence-corrected chi connectivity index (χ2v) is 6.05. The van der Waals surface area contributed by atoms with Crippen molar-refractivity contribution in [3.05, 3.63) is 41.4 Å². The second kappa shape index (κ2) is 5.49. The zero-order chi connectivity index (χ0) is 14.1. The quantitative estimate of drug-likeness (QED) is 0.865. The lowest BCUT2D eigenvalue weighted by molar-refractivity contribution is -0.128. The van der Waals surface area contributed by atoms with Gasteiger partial charge in [0, 0.05) is 11.1 Å². The van der Waals surface area contributed by atoms with Gasteiger partial charge in [-0.1, -0.05) is 23.8 Å². The standard InChI is InChI=1S/C16H18ClNO2/c1-10(20-14-6-4-13(17)5-7-14)16(19)18-15-9-11-2-3-12(15)8-11/h2-7,10-12,15H,8-9H2,1H3,(H,18,19). The van der Waals surface area contributed by atoms with Gasteiger partial charge >= 0.3 is 0 Å². The van der Waals surface area contributed by atoms with Crippen molar-refractivity contribution in [3.8, 4) is 5.75 Å². The maximum Gasteiger partial charge on any atom is 0.261 e. The fourth-order valence-electron chi connectivity index (χ4n) is 3.02. The van der Waals surface area contributed by atoms with Gasteiger partial charge in [-0.25, -0.2) is 0 Å². The van der Waals surface area contributed by atoms with E-state index in [4.69, 9.17) is 16.3 Å². The van der Waals surface area contributed by atoms with Gasteiger partial charge in [-0.15, -0.1) is 0 Å². The minimum absolute atomic E-state index is 0.0501. The van der Waals surface area contributed by atoms with E-state index in [0.717, 1.165) is 6.42 Å². The van der Waals surface area contributed by atoms with E-state index in [2.05, 4.69) is 17.5 Å². The lowest BCUT2D eigenvalue weighted by Gasteiger charge is -2.22. The van der Waals surface area contributed by atoms with Crippen molar-refractivity contribution in [1.29, 1.82) is 0 Å². The van der Waals surface area contributed by atoms with Gasteiger partial charge in [-0.2, -0.15) is 0 Å². The SMILES string of the molecule is CC(Oc1ccc(Cl)cc1)C(=O)NC1CC2C=CC1C2. The molecular weight excluding hydrogens is 274 g/mol. The number of allylic oxidation sites excluding steroid dienone is 1. The Balaban J connectivity index is 1.54. The summed E-state index contributed by atoms with van der Waals surface area (Å²) >= 11 is 5.82. The van der Waals surface area contributed by atoms with Crippen molar-refractivity contribution in [2.24, 2.45) is 11.8 Å². The second-order valence-electron chi connectivity index (χ2n) is 5.61. The third kappa shape index (κ3) is 2.83. The minimum atomic E-state index is -0.501. The normalized spacial score (nSPS) is 28.4. The van der Waals surface area contributed by atoms with Gasteiger partial charge < -0.3 is 10.1 Å². The molecule has 4 heteroatoms. The van der Waals surface area contributed by atoms with Crippen molar-refractivity contribution < 1.29 is 9.53 Å². The molecule has 2 aliphatic carbocycles. The molecular formula is C16H18ClNO2. The molecule has 1 saturated carbocycles. The van der Waals surface area contributed by atoms with E-state index in [9.17, 15) is 4.79 Å². The zero-order valence-electron chi connectivity index (χ0n) is 11.4. The predicted octanol–water partition coefficient (Wildman–Crippen LogP) is 3.19. The largest absolute Gasteiger partial charge is 0.481 e. The van der Waals surface area contributed by atoms with Gasteiger partial charge in [0.25, 0.3) is 5.91 Å². The van der Waals surface area contributed by atoms with Crippen LogP contribution in [0.1, 0.15) is 19.8 Å². The molecule has 4 unspecified atom stereocenters. The molecule has 1 amide bonds. The Morgan fingerprint density at radius 2 is 2.05 bits per heavy atom. The van der Waals surface area contributed by atoms with Crippen LogP contribution >= 0.6 is 11.6 Å². The Morgan fingerprint density at radius 1 is 1.30 bits per heavy atom. The Bertz CT molecular complexity index is 526. The maximum absolute atomic E-state index is 12.2. The molecule has 3 nitrogen and oxygen atoms in total. The van der Waals surface area contributed by atoms with Crippen LogP contribution in [-0.4, -0.2) is 18.1 Å². The Morgan fingerprint density at radius 3 is 2.65 bits per heavy atom. The molecule has 0 aliphatic heterocycles. The number of hydrogen-bond acceptors (Lipinski definition) is 2. The third-order valence-corrected chi connectivity index (χ3v) is 4.35. The van der Waals surface area contributed by atoms with Crippen LogP contribution in [0.4, 0.5) is 0 Å². The lowest BCUT2D eigenvalue weighted by Crippen LogP contribution is -2.44. The van der Waals surface area contributed by atoms with Crippen molar-refractivity contribution >= 4 is 17.5 Å². The van der Waals surface area contributed by atoms with E-state index in [0.29, 0.717) is 22.6 Å². The molecule has 0 radical (unpaired) electrons. The van der Waals surface area contributed by atoms with Crippen LogP contribution in [0.25, 0.3) is 0 Å². The van der Waals surface area contributed by atoms with Crippen LogP contribution in [0, 0.1) is 11.8 Å². The molecule has 0 spiro atoms. The number of ether oxygens (including phenoxy) is 1. The molecule has 106 valence electrons. The molecule has 2 bridgehead atoms. The van der Waals surface area contributed by atoms with Crippen molar-refractivity contribution in [2.75, 3.05) is 0 Å². The van der Waals surface area contributed by atoms with Crippen LogP contribution in [0.3, 0.4) is 0 Å². The average molecular weight is 292 g/mol. The number of halogens is 1. The summed E-state index contributed by atoms with van der Waals surface area (Å²) in [5.41, 5.74) is 0. The highest BCUT2D eigenvalue weighted by Gasteiger charge is 2.37. The highest BCUT2D eigenvalue weighted by atomic mass is 35.5. The van der Waals surface area contributed by atoms with Crippen LogP contribution < -0.4 is 10.1 Å². The number of benzene rings is 1. The first-order chi connectivity index (χ1) is 9.61. The minimum Gasteiger partial charge on any atom is -0.481 e. The van der Waals surface area contributed by atoms with Crippen LogP contribution in [-0.2, 0) is 4.79 Å². The zero-order valence-corrected chi connectivity index (χ0v) is 12.1. The van der Waals surface area contributed by atoms with E-state index in [-0.39, 0.29) is 11.9 Å². The number of rotatable bonds is 4. The first-order valence-corrected chi connectivity index (χ1v) is 7.40. The van der Waals surface area contributed by atoms with Crippen LogP contribution in [0.15, 0.2) is 36.4 Å². The molecule has 20 heavy (non-hydrogen) atoms. The van der Waals surface area contributed by atoms with E-state index in [1.54, 1.807) is 31.2 Å². The van der Waals surface area contributed by atoms with Crippen molar-refractivity contribution in [3.63, 3.8) is 0 Å². The number of nitrogens with one attached hydrogen (secondary N) is 1. The lowest BCUT2D eigenvalue weighted by atomic mass is 10.0. The topological polar surface area (TPSA) is 38.3 Å². The van der Waals surface area contributed by atoms with Gasteiger partial charge in [0.1, 0.15) is 5.75 Å². The summed E-state index contributed by atoms with van der Waals surface area (Å²) in [5, 5.41) is 3.76. The summed E-state index contributed by atoms with van der Waals surface area (Å²) in [4.78, 5) is 12.2. The van der Waals surface area contributed by atoms with Crippen LogP contribution in [0.5, 0.6) is 5.75 Å². The van der Waals surface area contributed by atoms with Gasteiger partial charge in [0.05, 0.1) is 0 Å². The average Bonchev–Trinajstić information content (AvgIpc) is 3.03. The van der Waals surface area contributed by atoms with Gasteiger partial charge in [0.15, 0.2) is 6.10 Å². The summed E-state index contributed by atoms with van der Waals surface area (Å²) in [6, 6.07) is 7.32. The summed E-state index contributed by atoms with van der Waals surface area (Å²) in [6.07, 6.45) is 6.22. The summed E-state index contributed by atoms with van der Waals surface area (Å²) in [6.45, 7) is 1.77. The predicted molar refractivity (Wildman–Crippen MR) is 78.8 cm³/mol. The number of carbonyl (C=O) groups is 1. The smallest absolute Gasteiger partial charge is 0.261 e. The fraction of sp³-hybridized carbons (Fsp3) is 0.438. The van der Waals surface area contributed by atoms with Gasteiger partial charge in [-0.05, 0) is 55.9 Å². The highest BCUT2D eigenvalue weighted by molar-refractivity contribution is 6.30. The molecule has 2 aliphatic rings. The molecule has 0 saturated heterocycles. The Hall–Kier alpha value is -1.48. The summed E-state index contributed by atoms with van der Waals surface area (Å²) < 4.78 is 5.63. The van der Waals surface area contributed by atoms with Crippen molar-refractivity contribution in [1.82, 2.24) is 5.32 Å². The molecule has 1 N–H and O–H groups in total. The van der Waals surface area contributed by atoms with Crippen molar-refractivity contribution in [2.45, 2.75) is 31.9 Å². The maximum atomic E-state index is 12.2. The Kier molecular flexibility index (Phi) is 3.70. The Labute approximate surface area is 124 Å². The molecule has 3 rings (SSSR count). The van der Waals surface area contributed by atoms with E-state index < -0.39 is 6.10 Å². The number of amides is 1. The first kappa shape index (κ1) is 13.5. The van der Waals surface area contributed by atoms with Gasteiger partial charge in [0.2, 0.25) is 0 Å². The molecule has 0 aromatic heterocycles. The van der Waals surface area contributed by atoms with Crippen LogP contribution in [0.2, 0.25) is 5.02 Å². The fourth-order valence-corrected chi connectivity index (χ4v) is 3.14. The van der Waals surface area contributed by atoms with Gasteiger partial charge in [-0.3, -0.25) is 4.79 Å². The number of fused-ring (bicyclic) bond motifs is 2.